The van der Waals surface area contributed by atoms with Crippen molar-refractivity contribution in [3.8, 4) is 92.3 Å². The zero-order valence-corrected chi connectivity index (χ0v) is 48.0. The van der Waals surface area contributed by atoms with Crippen molar-refractivity contribution in [2.24, 2.45) is 5.73 Å². The van der Waals surface area contributed by atoms with Gasteiger partial charge in [0.2, 0.25) is 41.2 Å². The number of halogens is 2. The van der Waals surface area contributed by atoms with Crippen molar-refractivity contribution >= 4 is 64.6 Å². The van der Waals surface area contributed by atoms with E-state index >= 15 is 14.4 Å². The van der Waals surface area contributed by atoms with Gasteiger partial charge in [0, 0.05) is 35.2 Å². The number of fused-ring (bicyclic) bond motifs is 14. The lowest BCUT2D eigenvalue weighted by atomic mass is 9.89. The third-order valence-electron chi connectivity index (χ3n) is 15.0. The molecule has 14 N–H and O–H groups in total. The summed E-state index contributed by atoms with van der Waals surface area (Å²) in [5.74, 6) is -13.9. The minimum absolute atomic E-state index is 0.112. The molecule has 0 spiro atoms. The first kappa shape index (κ1) is 61.2. The fourth-order valence-corrected chi connectivity index (χ4v) is 11.1. The molecule has 27 nitrogen and oxygen atoms in total. The Morgan fingerprint density at radius 1 is 0.549 bits per heavy atom. The number of ether oxygens (including phenoxy) is 5. The van der Waals surface area contributed by atoms with Gasteiger partial charge in [-0.15, -0.1) is 0 Å². The number of nitriles is 2. The Bertz CT molecular complexity index is 4330. The van der Waals surface area contributed by atoms with Crippen molar-refractivity contribution in [1.82, 2.24) is 31.9 Å². The van der Waals surface area contributed by atoms with Crippen molar-refractivity contribution in [1.29, 1.82) is 10.5 Å². The van der Waals surface area contributed by atoms with Gasteiger partial charge in [-0.1, -0.05) is 47.5 Å². The van der Waals surface area contributed by atoms with Gasteiger partial charge in [-0.25, -0.2) is 4.79 Å². The van der Waals surface area contributed by atoms with E-state index in [2.05, 4.69) is 31.9 Å². The highest BCUT2D eigenvalue weighted by Crippen LogP contribution is 2.49. The third-order valence-corrected chi connectivity index (χ3v) is 15.6. The van der Waals surface area contributed by atoms with Crippen molar-refractivity contribution in [3.63, 3.8) is 0 Å². The average molecular weight is 1280 g/mol. The molecule has 8 atom stereocenters. The number of carbonyl (C=O) groups excluding carboxylic acids is 7. The van der Waals surface area contributed by atoms with Crippen LogP contribution in [0.25, 0.3) is 11.1 Å². The van der Waals surface area contributed by atoms with Gasteiger partial charge in [0.1, 0.15) is 94.7 Å². The molecule has 0 unspecified atom stereocenters. The normalized spacial score (nSPS) is 21.1. The number of nitrogens with zero attached hydrogens (tertiary/aromatic N) is 2. The van der Waals surface area contributed by atoms with Crippen molar-refractivity contribution in [2.75, 3.05) is 13.2 Å². The molecule has 6 aliphatic heterocycles. The second-order valence-electron chi connectivity index (χ2n) is 21.0. The molecule has 462 valence electrons. The number of phenols is 5. The number of benzene rings is 7. The molecule has 6 amide bonds. The van der Waals surface area contributed by atoms with Gasteiger partial charge in [0.15, 0.2) is 42.3 Å². The number of amides is 6. The molecule has 7 aromatic carbocycles. The Morgan fingerprint density at radius 2 is 1.14 bits per heavy atom. The lowest BCUT2D eigenvalue weighted by Crippen LogP contribution is -2.55. The second-order valence-corrected chi connectivity index (χ2v) is 21.8. The average Bonchev–Trinajstić information content (AvgIpc) is 0.818. The van der Waals surface area contributed by atoms with Crippen LogP contribution < -0.4 is 56.6 Å². The summed E-state index contributed by atoms with van der Waals surface area (Å²) in [6.45, 7) is -1.57. The number of nitrogens with one attached hydrogen (secondary N) is 6. The number of carbonyl (C=O) groups is 7. The fourth-order valence-electron chi connectivity index (χ4n) is 10.6. The van der Waals surface area contributed by atoms with E-state index in [-0.39, 0.29) is 78.8 Å². The Labute approximate surface area is 523 Å². The lowest BCUT2D eigenvalue weighted by Gasteiger charge is -2.31. The monoisotopic (exact) mass is 1280 g/mol. The molecule has 0 fully saturated rings. The summed E-state index contributed by atoms with van der Waals surface area (Å²) in [4.78, 5) is 105. The summed E-state index contributed by atoms with van der Waals surface area (Å²) in [5, 5.41) is 103. The highest BCUT2D eigenvalue weighted by Gasteiger charge is 2.42. The SMILES string of the molecule is N#CCOC(=O)[C@H]1NC(=O)[C@H]2NC(=O)[C@H](NC(=O)[C@@H]3NC(=O)[C@H]4NC(=O)[C@@H](Cc5ccc(c(Cl)c5)Oc5cc3cc(c5OCC#N)Oc3ccc(cc3Cl)[C@H]2O)NC(=O)[C@@H](N)c2ccc(O)c(c2)Oc2cc(O)cc4c2)c2ccc(O)c(c2)-c2c(O)cc(O)cc21. The van der Waals surface area contributed by atoms with E-state index in [1.165, 1.54) is 60.7 Å². The van der Waals surface area contributed by atoms with Crippen LogP contribution in [-0.4, -0.2) is 97.3 Å². The van der Waals surface area contributed by atoms with Crippen molar-refractivity contribution in [2.45, 2.75) is 54.8 Å². The van der Waals surface area contributed by atoms with E-state index in [0.29, 0.717) is 5.56 Å². The first-order valence-electron chi connectivity index (χ1n) is 27.2. The lowest BCUT2D eigenvalue weighted by molar-refractivity contribution is -0.147. The van der Waals surface area contributed by atoms with Crippen LogP contribution in [0.4, 0.5) is 0 Å². The maximum Gasteiger partial charge on any atom is 0.334 e. The largest absolute Gasteiger partial charge is 0.508 e. The number of aliphatic hydroxyl groups excluding tert-OH is 1. The van der Waals surface area contributed by atoms with Gasteiger partial charge in [-0.05, 0) is 112 Å². The second kappa shape index (κ2) is 24.9. The Kier molecular flexibility index (Phi) is 16.8. The van der Waals surface area contributed by atoms with E-state index in [0.717, 1.165) is 54.6 Å². The molecule has 0 saturated heterocycles. The smallest absolute Gasteiger partial charge is 0.334 e. The minimum atomic E-state index is -2.22. The van der Waals surface area contributed by atoms with Gasteiger partial charge in [0.05, 0.1) is 10.0 Å². The van der Waals surface area contributed by atoms with E-state index in [9.17, 15) is 60.3 Å². The van der Waals surface area contributed by atoms with Gasteiger partial charge >= 0.3 is 5.97 Å². The first-order chi connectivity index (χ1) is 43.5. The third kappa shape index (κ3) is 12.4. The van der Waals surface area contributed by atoms with Crippen molar-refractivity contribution < 1.29 is 87.9 Å². The Balaban J connectivity index is 1.16. The number of hydrogen-bond acceptors (Lipinski definition) is 21. The van der Waals surface area contributed by atoms with Gasteiger partial charge in [-0.2, -0.15) is 10.5 Å². The summed E-state index contributed by atoms with van der Waals surface area (Å²) >= 11 is 13.9. The van der Waals surface area contributed by atoms with Gasteiger partial charge < -0.3 is 92.0 Å². The summed E-state index contributed by atoms with van der Waals surface area (Å²) in [6, 6.07) is 11.9. The maximum absolute atomic E-state index is 15.9. The molecule has 17 bridgehead atoms. The van der Waals surface area contributed by atoms with Crippen LogP contribution in [0.2, 0.25) is 10.0 Å². The molecule has 91 heavy (non-hydrogen) atoms. The molecule has 7 aromatic rings. The number of aromatic hydroxyl groups is 5. The summed E-state index contributed by atoms with van der Waals surface area (Å²) in [6.07, 6.45) is -2.51. The number of nitrogens with two attached hydrogens (primary N) is 1. The molecule has 6 aliphatic rings. The quantitative estimate of drug-likeness (QED) is 0.101. The van der Waals surface area contributed by atoms with Crippen LogP contribution in [0, 0.1) is 22.7 Å². The number of esters is 1. The zero-order valence-electron chi connectivity index (χ0n) is 46.5. The number of phenolic OH excluding ortho intramolecular Hbond substituents is 5. The van der Waals surface area contributed by atoms with Crippen LogP contribution in [0.1, 0.15) is 75.3 Å². The predicted molar refractivity (Wildman–Crippen MR) is 313 cm³/mol. The zero-order chi connectivity index (χ0) is 64.7. The maximum atomic E-state index is 15.9. The summed E-state index contributed by atoms with van der Waals surface area (Å²) in [7, 11) is 0. The predicted octanol–water partition coefficient (Wildman–Crippen LogP) is 5.16. The fraction of sp³-hybridized carbons (Fsp3) is 0.177. The Morgan fingerprint density at radius 3 is 1.82 bits per heavy atom. The Hall–Kier alpha value is -11.5. The molecule has 13 rings (SSSR count). The number of hydrogen-bond donors (Lipinski definition) is 13. The minimum Gasteiger partial charge on any atom is -0.508 e. The van der Waals surface area contributed by atoms with E-state index < -0.39 is 154 Å². The standard InChI is InChI=1S/C62H47Cl2N9O18/c63-36-13-25-1-7-42(36)90-45-20-30-21-46(55(45)87-11-9-65)91-43-8-4-28(18-37(43)64)54(79)53-61(85)72-52(62(86)88-12-10-66)35-23-32(75)24-41(78)47(35)34-17-27(3-5-39(34)76)49(58(82)73-53)70-60(84)51(30)71-59(83)50-29-15-31(74)22-33(16-29)89-44-19-26(2-6-40(44)77)48(67)57(81)68-38(14-25)56(80)69-50/h1-8,13,15-24,38,48-54,74-79H,11-12,14,67H2,(H,68,81)(H,69,80)(H,70,84)(H,71,83)(H,72,85)(H,73,82)/t38-,48+,49-,50+,51-,52+,53+,54-/m1/s1. The molecule has 29 heteroatoms. The highest BCUT2D eigenvalue weighted by atomic mass is 35.5. The number of aliphatic hydroxyl groups is 1. The number of rotatable bonds is 4. The van der Waals surface area contributed by atoms with Crippen LogP contribution in [0.3, 0.4) is 0 Å². The molecule has 0 saturated carbocycles. The molecule has 0 aliphatic carbocycles. The first-order valence-corrected chi connectivity index (χ1v) is 28.0. The molecule has 0 radical (unpaired) electrons. The molecular formula is C62H47Cl2N9O18. The van der Waals surface area contributed by atoms with Gasteiger partial charge in [0.25, 0.3) is 0 Å². The highest BCUT2D eigenvalue weighted by molar-refractivity contribution is 6.32. The molecule has 0 aromatic heterocycles. The van der Waals surface area contributed by atoms with Crippen LogP contribution in [0.15, 0.2) is 115 Å². The van der Waals surface area contributed by atoms with Crippen LogP contribution in [-0.2, 0) is 44.7 Å². The molecular weight excluding hydrogens is 1230 g/mol. The van der Waals surface area contributed by atoms with E-state index in [1.54, 1.807) is 6.07 Å². The van der Waals surface area contributed by atoms with Crippen molar-refractivity contribution in [3.05, 3.63) is 164 Å². The van der Waals surface area contributed by atoms with E-state index in [1.807, 2.05) is 6.07 Å². The summed E-state index contributed by atoms with van der Waals surface area (Å²) in [5.41, 5.74) is 4.48. The van der Waals surface area contributed by atoms with Gasteiger partial charge in [-0.3, -0.25) is 28.8 Å². The topological polar surface area (TPSA) is 433 Å². The summed E-state index contributed by atoms with van der Waals surface area (Å²) < 4.78 is 30.0. The van der Waals surface area contributed by atoms with E-state index in [4.69, 9.17) is 52.6 Å². The van der Waals surface area contributed by atoms with Crippen LogP contribution >= 0.6 is 23.2 Å². The molecule has 6 heterocycles. The van der Waals surface area contributed by atoms with Crippen LogP contribution in [0.5, 0.6) is 69.0 Å².